The number of carbonyl (C=O) groups excluding carboxylic acids is 1. The van der Waals surface area contributed by atoms with Crippen molar-refractivity contribution >= 4 is 17.1 Å². The molecule has 32 heavy (non-hydrogen) atoms. The molecule has 0 saturated heterocycles. The van der Waals surface area contributed by atoms with E-state index in [9.17, 15) is 14.4 Å². The third-order valence-electron chi connectivity index (χ3n) is 6.72. The van der Waals surface area contributed by atoms with E-state index in [1.165, 1.54) is 12.8 Å². The Hall–Kier alpha value is -2.38. The van der Waals surface area contributed by atoms with Gasteiger partial charge < -0.3 is 9.88 Å². The highest BCUT2D eigenvalue weighted by molar-refractivity contribution is 5.77. The van der Waals surface area contributed by atoms with Crippen LogP contribution in [0.3, 0.4) is 0 Å². The lowest BCUT2D eigenvalue weighted by molar-refractivity contribution is -0.122. The molecule has 2 aromatic rings. The Kier molecular flexibility index (Phi) is 8.70. The Labute approximate surface area is 189 Å². The van der Waals surface area contributed by atoms with Crippen molar-refractivity contribution in [1.82, 2.24) is 24.4 Å². The van der Waals surface area contributed by atoms with E-state index in [2.05, 4.69) is 31.1 Å². The largest absolute Gasteiger partial charge is 0.353 e. The molecule has 1 aliphatic rings. The van der Waals surface area contributed by atoms with Gasteiger partial charge in [0.2, 0.25) is 5.91 Å². The zero-order valence-corrected chi connectivity index (χ0v) is 19.9. The molecule has 0 unspecified atom stereocenters. The van der Waals surface area contributed by atoms with Crippen LogP contribution in [0.5, 0.6) is 0 Å². The summed E-state index contributed by atoms with van der Waals surface area (Å²) in [7, 11) is 0. The summed E-state index contributed by atoms with van der Waals surface area (Å²) in [4.78, 5) is 45.0. The number of nitrogens with zero attached hydrogens (tertiary/aromatic N) is 3. The number of aryl methyl sites for hydroxylation is 3. The Morgan fingerprint density at radius 2 is 1.78 bits per heavy atom. The molecular formula is C24H39N5O3. The number of unbranched alkanes of at least 4 members (excludes halogenated alkanes) is 3. The lowest BCUT2D eigenvalue weighted by Crippen LogP contribution is -2.41. The highest BCUT2D eigenvalue weighted by Gasteiger charge is 2.23. The maximum atomic E-state index is 12.7. The van der Waals surface area contributed by atoms with Gasteiger partial charge >= 0.3 is 5.69 Å². The smallest absolute Gasteiger partial charge is 0.330 e. The molecule has 2 atom stereocenters. The average molecular weight is 446 g/mol. The van der Waals surface area contributed by atoms with Crippen LogP contribution in [0.15, 0.2) is 9.59 Å². The molecule has 1 aliphatic carbocycles. The number of fused-ring (bicyclic) bond motifs is 1. The first-order valence-corrected chi connectivity index (χ1v) is 12.5. The Bertz CT molecular complexity index is 1020. The van der Waals surface area contributed by atoms with Crippen LogP contribution in [0.25, 0.3) is 11.2 Å². The van der Waals surface area contributed by atoms with Crippen molar-refractivity contribution in [2.75, 3.05) is 0 Å². The lowest BCUT2D eigenvalue weighted by atomic mass is 9.86. The number of nitrogens with one attached hydrogen (secondary N) is 2. The fraction of sp³-hybridized carbons (Fsp3) is 0.750. The van der Waals surface area contributed by atoms with Gasteiger partial charge in [0.15, 0.2) is 11.2 Å². The van der Waals surface area contributed by atoms with Crippen LogP contribution in [0.4, 0.5) is 0 Å². The molecule has 8 nitrogen and oxygen atoms in total. The normalized spacial score (nSPS) is 18.8. The predicted octanol–water partition coefficient (Wildman–Crippen LogP) is 3.50. The summed E-state index contributed by atoms with van der Waals surface area (Å²) in [5.74, 6) is 1.26. The van der Waals surface area contributed by atoms with E-state index < -0.39 is 11.2 Å². The fourth-order valence-corrected chi connectivity index (χ4v) is 4.73. The minimum atomic E-state index is -0.412. The number of rotatable bonds is 11. The molecule has 3 rings (SSSR count). The van der Waals surface area contributed by atoms with Gasteiger partial charge in [-0.05, 0) is 31.6 Å². The average Bonchev–Trinajstić information content (AvgIpc) is 3.13. The van der Waals surface area contributed by atoms with Gasteiger partial charge in [0.25, 0.3) is 5.56 Å². The van der Waals surface area contributed by atoms with E-state index in [0.29, 0.717) is 48.8 Å². The first-order valence-electron chi connectivity index (χ1n) is 12.5. The van der Waals surface area contributed by atoms with E-state index in [-0.39, 0.29) is 11.9 Å². The van der Waals surface area contributed by atoms with E-state index in [1.807, 2.05) is 4.57 Å². The Morgan fingerprint density at radius 3 is 2.50 bits per heavy atom. The van der Waals surface area contributed by atoms with Crippen LogP contribution in [-0.2, 0) is 24.3 Å². The second-order valence-corrected chi connectivity index (χ2v) is 9.26. The van der Waals surface area contributed by atoms with Crippen molar-refractivity contribution in [3.63, 3.8) is 0 Å². The molecule has 2 heterocycles. The van der Waals surface area contributed by atoms with Crippen LogP contribution in [0.2, 0.25) is 0 Å². The summed E-state index contributed by atoms with van der Waals surface area (Å²) < 4.78 is 3.51. The number of amides is 1. The summed E-state index contributed by atoms with van der Waals surface area (Å²) in [5, 5.41) is 3.21. The van der Waals surface area contributed by atoms with Gasteiger partial charge in [-0.1, -0.05) is 52.9 Å². The van der Waals surface area contributed by atoms with Crippen molar-refractivity contribution < 1.29 is 4.79 Å². The van der Waals surface area contributed by atoms with Crippen molar-refractivity contribution in [1.29, 1.82) is 0 Å². The number of hydrogen-bond acceptors (Lipinski definition) is 4. The highest BCUT2D eigenvalue weighted by atomic mass is 16.2. The minimum Gasteiger partial charge on any atom is -0.353 e. The molecule has 0 radical (unpaired) electrons. The molecule has 178 valence electrons. The van der Waals surface area contributed by atoms with Gasteiger partial charge in [0.05, 0.1) is 0 Å². The van der Waals surface area contributed by atoms with Gasteiger partial charge in [0.1, 0.15) is 5.82 Å². The molecule has 1 amide bonds. The summed E-state index contributed by atoms with van der Waals surface area (Å²) >= 11 is 0. The van der Waals surface area contributed by atoms with Crippen molar-refractivity contribution in [3.05, 3.63) is 26.7 Å². The van der Waals surface area contributed by atoms with Crippen LogP contribution < -0.4 is 16.6 Å². The number of aromatic amines is 1. The zero-order valence-electron chi connectivity index (χ0n) is 19.9. The third kappa shape index (κ3) is 5.70. The maximum absolute atomic E-state index is 12.7. The molecule has 0 spiro atoms. The predicted molar refractivity (Wildman–Crippen MR) is 127 cm³/mol. The molecule has 8 heteroatoms. The minimum absolute atomic E-state index is 0.0354. The number of imidazole rings is 1. The summed E-state index contributed by atoms with van der Waals surface area (Å²) in [6.07, 6.45) is 10.2. The van der Waals surface area contributed by atoms with Gasteiger partial charge in [-0.2, -0.15) is 0 Å². The molecule has 2 N–H and O–H groups in total. The number of carbonyl (C=O) groups is 1. The summed E-state index contributed by atoms with van der Waals surface area (Å²) in [5.41, 5.74) is 0.0892. The molecule has 0 bridgehead atoms. The van der Waals surface area contributed by atoms with Gasteiger partial charge in [-0.25, -0.2) is 9.78 Å². The number of hydrogen-bond donors (Lipinski definition) is 2. The Balaban J connectivity index is 1.86. The first kappa shape index (κ1) is 24.3. The maximum Gasteiger partial charge on any atom is 0.330 e. The number of aromatic nitrogens is 4. The van der Waals surface area contributed by atoms with E-state index in [4.69, 9.17) is 4.98 Å². The molecule has 1 saturated carbocycles. The van der Waals surface area contributed by atoms with Crippen LogP contribution >= 0.6 is 0 Å². The standard InChI is InChI=1S/C24H39N5O3/c1-4-6-10-16-28-19(13-14-20(30)25-18-12-9-8-11-17(18)3)26-22-21(28)23(31)27-24(32)29(22)15-7-5-2/h17-18H,4-16H2,1-3H3,(H,25,30)(H,27,31,32)/t17-,18+/m0/s1. The molecule has 1 fully saturated rings. The molecule has 2 aromatic heterocycles. The van der Waals surface area contributed by atoms with Gasteiger partial charge in [0, 0.05) is 32.0 Å². The van der Waals surface area contributed by atoms with Gasteiger partial charge in [-0.3, -0.25) is 19.1 Å². The molecule has 0 aromatic carbocycles. The lowest BCUT2D eigenvalue weighted by Gasteiger charge is -2.29. The van der Waals surface area contributed by atoms with Gasteiger partial charge in [-0.15, -0.1) is 0 Å². The molecule has 0 aliphatic heterocycles. The highest BCUT2D eigenvalue weighted by Crippen LogP contribution is 2.24. The van der Waals surface area contributed by atoms with Crippen molar-refractivity contribution in [3.8, 4) is 0 Å². The van der Waals surface area contributed by atoms with E-state index >= 15 is 0 Å². The van der Waals surface area contributed by atoms with Crippen LogP contribution in [-0.4, -0.2) is 31.1 Å². The fourth-order valence-electron chi connectivity index (χ4n) is 4.73. The van der Waals surface area contributed by atoms with Crippen LogP contribution in [0.1, 0.15) is 90.8 Å². The molecular weight excluding hydrogens is 406 g/mol. The monoisotopic (exact) mass is 445 g/mol. The topological polar surface area (TPSA) is 102 Å². The first-order chi connectivity index (χ1) is 15.5. The second kappa shape index (κ2) is 11.5. The second-order valence-electron chi connectivity index (χ2n) is 9.26. The van der Waals surface area contributed by atoms with E-state index in [1.54, 1.807) is 4.57 Å². The van der Waals surface area contributed by atoms with Crippen LogP contribution in [0, 0.1) is 5.92 Å². The zero-order chi connectivity index (χ0) is 23.1. The van der Waals surface area contributed by atoms with E-state index in [0.717, 1.165) is 44.9 Å². The van der Waals surface area contributed by atoms with Crippen molar-refractivity contribution in [2.24, 2.45) is 5.92 Å². The number of H-pyrrole nitrogens is 1. The third-order valence-corrected chi connectivity index (χ3v) is 6.72. The quantitative estimate of drug-likeness (QED) is 0.517. The Morgan fingerprint density at radius 1 is 1.06 bits per heavy atom. The summed E-state index contributed by atoms with van der Waals surface area (Å²) in [6.45, 7) is 7.59. The van der Waals surface area contributed by atoms with Crippen molar-refractivity contribution in [2.45, 2.75) is 111 Å². The summed E-state index contributed by atoms with van der Waals surface area (Å²) in [6, 6.07) is 0.252. The SMILES string of the molecule is CCCCCn1c(CCC(=O)N[C@@H]2CCCC[C@@H]2C)nc2c1c(=O)[nH]c(=O)n2CCCC.